The molecule has 4 rings (SSSR count). The number of rotatable bonds is 9. The van der Waals surface area contributed by atoms with Crippen LogP contribution in [0.2, 0.25) is 0 Å². The highest BCUT2D eigenvalue weighted by Crippen LogP contribution is 2.35. The molecule has 3 aromatic rings. The predicted octanol–water partition coefficient (Wildman–Crippen LogP) is 5.85. The number of amides is 1. The molecule has 1 saturated heterocycles. The lowest BCUT2D eigenvalue weighted by Crippen LogP contribution is -2.49. The molecule has 1 aliphatic heterocycles. The van der Waals surface area contributed by atoms with E-state index in [1.54, 1.807) is 12.1 Å². The number of halogens is 2. The highest BCUT2D eigenvalue weighted by Gasteiger charge is 2.30. The van der Waals surface area contributed by atoms with Gasteiger partial charge in [-0.3, -0.25) is 9.59 Å². The van der Waals surface area contributed by atoms with Crippen LogP contribution in [0, 0.1) is 5.82 Å². The number of nitrogens with one attached hydrogen (secondary N) is 2. The van der Waals surface area contributed by atoms with Gasteiger partial charge in [0.2, 0.25) is 0 Å². The van der Waals surface area contributed by atoms with Crippen molar-refractivity contribution >= 4 is 30.1 Å². The van der Waals surface area contributed by atoms with Crippen LogP contribution in [0.1, 0.15) is 100 Å². The third-order valence-electron chi connectivity index (χ3n) is 7.79. The van der Waals surface area contributed by atoms with E-state index < -0.39 is 41.0 Å². The first kappa shape index (κ1) is 35.3. The van der Waals surface area contributed by atoms with Gasteiger partial charge in [-0.25, -0.2) is 9.18 Å². The van der Waals surface area contributed by atoms with Gasteiger partial charge in [0.05, 0.1) is 18.7 Å². The number of esters is 1. The molecule has 0 unspecified atom stereocenters. The van der Waals surface area contributed by atoms with Gasteiger partial charge < -0.3 is 30.3 Å². The zero-order valence-corrected chi connectivity index (χ0v) is 26.8. The fourth-order valence-corrected chi connectivity index (χ4v) is 5.26. The van der Waals surface area contributed by atoms with Crippen LogP contribution in [-0.2, 0) is 4.74 Å². The number of ketones is 1. The molecule has 1 aliphatic rings. The van der Waals surface area contributed by atoms with Gasteiger partial charge in [-0.2, -0.15) is 0 Å². The van der Waals surface area contributed by atoms with Gasteiger partial charge in [-0.05, 0) is 66.6 Å². The highest BCUT2D eigenvalue weighted by molar-refractivity contribution is 6.11. The van der Waals surface area contributed by atoms with Gasteiger partial charge in [0, 0.05) is 29.8 Å². The minimum atomic E-state index is -0.932. The van der Waals surface area contributed by atoms with E-state index in [1.165, 1.54) is 31.4 Å². The second-order valence-electron chi connectivity index (χ2n) is 11.6. The minimum Gasteiger partial charge on any atom is -0.507 e. The Bertz CT molecular complexity index is 1490. The molecule has 1 fully saturated rings. The van der Waals surface area contributed by atoms with Gasteiger partial charge >= 0.3 is 5.97 Å². The first-order chi connectivity index (χ1) is 20.9. The van der Waals surface area contributed by atoms with Crippen molar-refractivity contribution in [2.24, 2.45) is 0 Å². The molecule has 0 radical (unpaired) electrons. The molecular weight excluding hydrogens is 603 g/mol. The van der Waals surface area contributed by atoms with E-state index in [4.69, 9.17) is 9.47 Å². The Morgan fingerprint density at radius 3 is 2.09 bits per heavy atom. The van der Waals surface area contributed by atoms with Crippen LogP contribution < -0.4 is 15.4 Å². The van der Waals surface area contributed by atoms with Crippen molar-refractivity contribution in [3.63, 3.8) is 0 Å². The molecule has 1 heterocycles. The van der Waals surface area contributed by atoms with Crippen LogP contribution in [-0.4, -0.2) is 60.2 Å². The number of methoxy groups -OCH3 is 1. The van der Waals surface area contributed by atoms with Crippen LogP contribution in [0.15, 0.2) is 48.5 Å². The number of aromatic hydroxyl groups is 2. The van der Waals surface area contributed by atoms with Crippen LogP contribution in [0.5, 0.6) is 17.2 Å². The lowest BCUT2D eigenvalue weighted by atomic mass is 9.91. The van der Waals surface area contributed by atoms with Crippen molar-refractivity contribution in [3.8, 4) is 17.2 Å². The Morgan fingerprint density at radius 1 is 0.933 bits per heavy atom. The molecule has 11 heteroatoms. The Morgan fingerprint density at radius 2 is 1.53 bits per heavy atom. The Labute approximate surface area is 268 Å². The van der Waals surface area contributed by atoms with Gasteiger partial charge in [0.25, 0.3) is 5.91 Å². The lowest BCUT2D eigenvalue weighted by molar-refractivity contribution is 0.0192. The maximum Gasteiger partial charge on any atom is 0.338 e. The number of hydrogen-bond acceptors (Lipinski definition) is 8. The summed E-state index contributed by atoms with van der Waals surface area (Å²) in [5.74, 6) is -2.92. The van der Waals surface area contributed by atoms with Crippen LogP contribution in [0.25, 0.3) is 0 Å². The summed E-state index contributed by atoms with van der Waals surface area (Å²) in [5.41, 5.74) is 1.54. The number of phenolic OH excluding ortho intramolecular Hbond substituents is 2. The molecular formula is C34H40ClFN2O7. The minimum absolute atomic E-state index is 0. The first-order valence-electron chi connectivity index (χ1n) is 14.7. The largest absolute Gasteiger partial charge is 0.507 e. The standard InChI is InChI=1S/C34H39FN2O7.ClH/c1-18(2)24-13-22(14-25(19(3)4)32(24)40)33(41)37-27-17-36-12-6-7-29(27)44-34(42)21-10-8-20(9-11-21)31(39)30-26(35)15-23(43-5)16-28(30)38;/h8-11,13-16,18-19,27,29,36,38,40H,6-7,12,17H2,1-5H3,(H,37,41);1H/t27-,29-;/m1./s1. The molecule has 2 atom stereocenters. The van der Waals surface area contributed by atoms with Gasteiger partial charge in [0.1, 0.15) is 34.7 Å². The smallest absolute Gasteiger partial charge is 0.338 e. The van der Waals surface area contributed by atoms with Crippen molar-refractivity contribution < 1.29 is 38.5 Å². The van der Waals surface area contributed by atoms with Crippen molar-refractivity contribution in [2.45, 2.75) is 64.5 Å². The molecule has 0 aliphatic carbocycles. The van der Waals surface area contributed by atoms with Crippen molar-refractivity contribution in [1.82, 2.24) is 10.6 Å². The SMILES string of the molecule is COc1cc(O)c(C(=O)c2ccc(C(=O)O[C@@H]3CCCNC[C@H]3NC(=O)c3cc(C(C)C)c(O)c(C(C)C)c3)cc2)c(F)c1.Cl. The molecule has 0 spiro atoms. The summed E-state index contributed by atoms with van der Waals surface area (Å²) in [5, 5.41) is 27.2. The summed E-state index contributed by atoms with van der Waals surface area (Å²) in [6.07, 6.45) is 0.614. The van der Waals surface area contributed by atoms with Crippen LogP contribution in [0.3, 0.4) is 0 Å². The third kappa shape index (κ3) is 8.12. The first-order valence-corrected chi connectivity index (χ1v) is 14.7. The summed E-state index contributed by atoms with van der Waals surface area (Å²) in [7, 11) is 1.32. The van der Waals surface area contributed by atoms with Gasteiger partial charge in [-0.1, -0.05) is 39.8 Å². The third-order valence-corrected chi connectivity index (χ3v) is 7.79. The monoisotopic (exact) mass is 642 g/mol. The summed E-state index contributed by atoms with van der Waals surface area (Å²) in [6.45, 7) is 8.90. The molecule has 1 amide bonds. The zero-order valence-electron chi connectivity index (χ0n) is 26.0. The van der Waals surface area contributed by atoms with Crippen molar-refractivity contribution in [1.29, 1.82) is 0 Å². The molecule has 0 aromatic heterocycles. The van der Waals surface area contributed by atoms with E-state index in [0.717, 1.165) is 18.6 Å². The van der Waals surface area contributed by atoms with E-state index in [2.05, 4.69) is 10.6 Å². The molecule has 242 valence electrons. The van der Waals surface area contributed by atoms with Crippen molar-refractivity contribution in [2.75, 3.05) is 20.2 Å². The maximum absolute atomic E-state index is 14.5. The molecule has 9 nitrogen and oxygen atoms in total. The van der Waals surface area contributed by atoms with Crippen LogP contribution in [0.4, 0.5) is 4.39 Å². The molecule has 0 bridgehead atoms. The molecule has 3 aromatic carbocycles. The number of carbonyl (C=O) groups excluding carboxylic acids is 3. The number of hydrogen-bond donors (Lipinski definition) is 4. The predicted molar refractivity (Wildman–Crippen MR) is 171 cm³/mol. The van der Waals surface area contributed by atoms with E-state index >= 15 is 0 Å². The highest BCUT2D eigenvalue weighted by atomic mass is 35.5. The Hall–Kier alpha value is -4.15. The normalized spacial score (nSPS) is 16.4. The van der Waals surface area contributed by atoms with Crippen LogP contribution >= 0.6 is 12.4 Å². The summed E-state index contributed by atoms with van der Waals surface area (Å²) in [6, 6.07) is 10.5. The number of benzene rings is 3. The van der Waals surface area contributed by atoms with Gasteiger partial charge in [0.15, 0.2) is 5.78 Å². The van der Waals surface area contributed by atoms with Gasteiger partial charge in [-0.15, -0.1) is 12.4 Å². The summed E-state index contributed by atoms with van der Waals surface area (Å²) < 4.78 is 25.3. The number of ether oxygens (including phenoxy) is 2. The average Bonchev–Trinajstić information content (AvgIpc) is 3.20. The number of phenols is 2. The van der Waals surface area contributed by atoms with E-state index in [1.807, 2.05) is 27.7 Å². The Kier molecular flexibility index (Phi) is 12.0. The average molecular weight is 643 g/mol. The Balaban J connectivity index is 0.00000552. The topological polar surface area (TPSA) is 134 Å². The summed E-state index contributed by atoms with van der Waals surface area (Å²) >= 11 is 0. The zero-order chi connectivity index (χ0) is 32.1. The maximum atomic E-state index is 14.5. The van der Waals surface area contributed by atoms with E-state index in [0.29, 0.717) is 36.2 Å². The second kappa shape index (κ2) is 15.2. The molecule has 0 saturated carbocycles. The second-order valence-corrected chi connectivity index (χ2v) is 11.6. The molecule has 45 heavy (non-hydrogen) atoms. The van der Waals surface area contributed by atoms with Crippen molar-refractivity contribution in [3.05, 3.63) is 87.7 Å². The quantitative estimate of drug-likeness (QED) is 0.169. The molecule has 4 N–H and O–H groups in total. The number of carbonyl (C=O) groups is 3. The fraction of sp³-hybridized carbons (Fsp3) is 0.382. The fourth-order valence-electron chi connectivity index (χ4n) is 5.26. The summed E-state index contributed by atoms with van der Waals surface area (Å²) in [4.78, 5) is 39.5. The van der Waals surface area contributed by atoms with E-state index in [9.17, 15) is 29.0 Å². The van der Waals surface area contributed by atoms with E-state index in [-0.39, 0.29) is 52.8 Å². The lowest BCUT2D eigenvalue weighted by Gasteiger charge is -2.26.